The normalized spacial score (nSPS) is 17.7. The Balaban J connectivity index is 2.10. The number of aliphatic hydroxyl groups is 1. The van der Waals surface area contributed by atoms with Crippen LogP contribution in [0.1, 0.15) is 24.0 Å². The molecule has 0 aliphatic heterocycles. The van der Waals surface area contributed by atoms with Crippen LogP contribution in [-0.2, 0) is 22.0 Å². The van der Waals surface area contributed by atoms with E-state index >= 15 is 0 Å². The van der Waals surface area contributed by atoms with Crippen molar-refractivity contribution in [3.8, 4) is 0 Å². The van der Waals surface area contributed by atoms with Crippen molar-refractivity contribution < 1.29 is 26.7 Å². The first-order valence-electron chi connectivity index (χ1n) is 6.41. The van der Waals surface area contributed by atoms with Gasteiger partial charge >= 0.3 is 6.18 Å². The van der Waals surface area contributed by atoms with Gasteiger partial charge in [-0.2, -0.15) is 13.2 Å². The molecule has 2 N–H and O–H groups in total. The molecule has 8 heteroatoms. The molecule has 0 heterocycles. The predicted molar refractivity (Wildman–Crippen MR) is 70.8 cm³/mol. The summed E-state index contributed by atoms with van der Waals surface area (Å²) in [6.45, 7) is -0.0747. The molecule has 2 rings (SSSR count). The summed E-state index contributed by atoms with van der Waals surface area (Å²) in [7, 11) is -3.88. The second-order valence-corrected chi connectivity index (χ2v) is 7.20. The molecular formula is C13H16F3NO3S. The van der Waals surface area contributed by atoms with Crippen LogP contribution in [-0.4, -0.2) is 26.7 Å². The summed E-state index contributed by atoms with van der Waals surface area (Å²) in [5.74, 6) is -0.732. The standard InChI is InChI=1S/C13H16F3NO3S/c14-13(15,16)11-4-2-1-3-10(11)7-21(19,20)17-8-12(9-18)5-6-12/h1-4,17-18H,5-9H2. The first-order chi connectivity index (χ1) is 9.68. The maximum absolute atomic E-state index is 12.8. The number of rotatable bonds is 6. The van der Waals surface area contributed by atoms with Gasteiger partial charge in [0.05, 0.1) is 11.3 Å². The molecule has 118 valence electrons. The smallest absolute Gasteiger partial charge is 0.396 e. The van der Waals surface area contributed by atoms with Crippen LogP contribution in [0.4, 0.5) is 13.2 Å². The Morgan fingerprint density at radius 1 is 1.24 bits per heavy atom. The Labute approximate surface area is 121 Å². The second kappa shape index (κ2) is 5.58. The third kappa shape index (κ3) is 4.18. The van der Waals surface area contributed by atoms with Gasteiger partial charge in [0, 0.05) is 18.6 Å². The fraction of sp³-hybridized carbons (Fsp3) is 0.538. The van der Waals surface area contributed by atoms with Crippen molar-refractivity contribution in [2.24, 2.45) is 5.41 Å². The van der Waals surface area contributed by atoms with E-state index in [1.165, 1.54) is 12.1 Å². The highest BCUT2D eigenvalue weighted by molar-refractivity contribution is 7.88. The lowest BCUT2D eigenvalue weighted by Gasteiger charge is -2.15. The van der Waals surface area contributed by atoms with Crippen molar-refractivity contribution in [3.05, 3.63) is 35.4 Å². The highest BCUT2D eigenvalue weighted by atomic mass is 32.2. The molecule has 0 unspecified atom stereocenters. The zero-order valence-electron chi connectivity index (χ0n) is 11.2. The summed E-state index contributed by atoms with van der Waals surface area (Å²) >= 11 is 0. The maximum Gasteiger partial charge on any atom is 0.416 e. The fourth-order valence-corrected chi connectivity index (χ4v) is 3.30. The van der Waals surface area contributed by atoms with Crippen molar-refractivity contribution in [1.29, 1.82) is 0 Å². The molecule has 21 heavy (non-hydrogen) atoms. The first-order valence-corrected chi connectivity index (χ1v) is 8.06. The lowest BCUT2D eigenvalue weighted by molar-refractivity contribution is -0.138. The molecule has 0 aromatic heterocycles. The zero-order valence-corrected chi connectivity index (χ0v) is 12.0. The van der Waals surface area contributed by atoms with Gasteiger partial charge < -0.3 is 5.11 Å². The van der Waals surface area contributed by atoms with Crippen LogP contribution in [0.25, 0.3) is 0 Å². The predicted octanol–water partition coefficient (Wildman–Crippen LogP) is 1.90. The van der Waals surface area contributed by atoms with Crippen LogP contribution >= 0.6 is 0 Å². The van der Waals surface area contributed by atoms with Crippen molar-refractivity contribution in [1.82, 2.24) is 4.72 Å². The summed E-state index contributed by atoms with van der Waals surface area (Å²) in [5.41, 5.74) is -1.67. The van der Waals surface area contributed by atoms with Crippen LogP contribution in [0, 0.1) is 5.41 Å². The van der Waals surface area contributed by atoms with E-state index in [1.807, 2.05) is 0 Å². The van der Waals surface area contributed by atoms with E-state index in [4.69, 9.17) is 5.11 Å². The van der Waals surface area contributed by atoms with Crippen LogP contribution < -0.4 is 4.72 Å². The number of aliphatic hydroxyl groups excluding tert-OH is 1. The summed E-state index contributed by atoms with van der Waals surface area (Å²) in [5, 5.41) is 9.11. The summed E-state index contributed by atoms with van der Waals surface area (Å²) in [6.07, 6.45) is -3.16. The number of nitrogens with one attached hydrogen (secondary N) is 1. The van der Waals surface area contributed by atoms with Gasteiger partial charge in [0.15, 0.2) is 0 Å². The van der Waals surface area contributed by atoms with E-state index < -0.39 is 32.9 Å². The van der Waals surface area contributed by atoms with Gasteiger partial charge in [-0.05, 0) is 24.5 Å². The third-order valence-corrected chi connectivity index (χ3v) is 4.90. The van der Waals surface area contributed by atoms with Crippen LogP contribution in [0.15, 0.2) is 24.3 Å². The monoisotopic (exact) mass is 323 g/mol. The minimum absolute atomic E-state index is 0.0556. The summed E-state index contributed by atoms with van der Waals surface area (Å²) in [6, 6.07) is 4.61. The Morgan fingerprint density at radius 3 is 2.38 bits per heavy atom. The Bertz CT molecular complexity index is 609. The second-order valence-electron chi connectivity index (χ2n) is 5.39. The molecular weight excluding hydrogens is 307 g/mol. The van der Waals surface area contributed by atoms with E-state index in [0.717, 1.165) is 12.1 Å². The molecule has 0 saturated heterocycles. The molecule has 1 aliphatic carbocycles. The van der Waals surface area contributed by atoms with Crippen molar-refractivity contribution >= 4 is 10.0 Å². The highest BCUT2D eigenvalue weighted by Gasteiger charge is 2.42. The van der Waals surface area contributed by atoms with Crippen LogP contribution in [0.5, 0.6) is 0 Å². The van der Waals surface area contributed by atoms with E-state index in [9.17, 15) is 21.6 Å². The van der Waals surface area contributed by atoms with Gasteiger partial charge in [-0.1, -0.05) is 18.2 Å². The molecule has 0 bridgehead atoms. The SMILES string of the molecule is O=S(=O)(Cc1ccccc1C(F)(F)F)NCC1(CO)CC1. The minimum Gasteiger partial charge on any atom is -0.396 e. The van der Waals surface area contributed by atoms with E-state index in [0.29, 0.717) is 12.8 Å². The highest BCUT2D eigenvalue weighted by Crippen LogP contribution is 2.44. The molecule has 1 aliphatic rings. The molecule has 0 atom stereocenters. The maximum atomic E-state index is 12.8. The Hall–Kier alpha value is -1.12. The number of sulfonamides is 1. The van der Waals surface area contributed by atoms with Crippen molar-refractivity contribution in [2.45, 2.75) is 24.8 Å². The molecule has 0 radical (unpaired) electrons. The van der Waals surface area contributed by atoms with E-state index in [-0.39, 0.29) is 18.7 Å². The lowest BCUT2D eigenvalue weighted by atomic mass is 10.1. The molecule has 1 fully saturated rings. The largest absolute Gasteiger partial charge is 0.416 e. The Morgan fingerprint density at radius 2 is 1.86 bits per heavy atom. The van der Waals surface area contributed by atoms with Gasteiger partial charge in [-0.15, -0.1) is 0 Å². The molecule has 1 saturated carbocycles. The molecule has 1 aromatic rings. The average Bonchev–Trinajstić information content (AvgIpc) is 3.16. The van der Waals surface area contributed by atoms with Crippen molar-refractivity contribution in [3.63, 3.8) is 0 Å². The molecule has 0 amide bonds. The lowest BCUT2D eigenvalue weighted by Crippen LogP contribution is -2.33. The van der Waals surface area contributed by atoms with Gasteiger partial charge in [0.2, 0.25) is 10.0 Å². The van der Waals surface area contributed by atoms with Gasteiger partial charge in [-0.25, -0.2) is 13.1 Å². The minimum atomic E-state index is -4.59. The Kier molecular flexibility index (Phi) is 4.32. The van der Waals surface area contributed by atoms with Gasteiger partial charge in [0.1, 0.15) is 0 Å². The number of benzene rings is 1. The van der Waals surface area contributed by atoms with Crippen LogP contribution in [0.3, 0.4) is 0 Å². The quantitative estimate of drug-likeness (QED) is 0.840. The number of hydrogen-bond acceptors (Lipinski definition) is 3. The van der Waals surface area contributed by atoms with Crippen molar-refractivity contribution in [2.75, 3.05) is 13.2 Å². The number of hydrogen-bond donors (Lipinski definition) is 2. The molecule has 1 aromatic carbocycles. The summed E-state index contributed by atoms with van der Waals surface area (Å²) in [4.78, 5) is 0. The van der Waals surface area contributed by atoms with E-state index in [2.05, 4.69) is 4.72 Å². The van der Waals surface area contributed by atoms with Gasteiger partial charge in [0.25, 0.3) is 0 Å². The summed E-state index contributed by atoms with van der Waals surface area (Å²) < 4.78 is 64.5. The molecule has 4 nitrogen and oxygen atoms in total. The average molecular weight is 323 g/mol. The third-order valence-electron chi connectivity index (χ3n) is 3.63. The first kappa shape index (κ1) is 16.3. The fourth-order valence-electron chi connectivity index (χ4n) is 2.01. The van der Waals surface area contributed by atoms with Gasteiger partial charge in [-0.3, -0.25) is 0 Å². The zero-order chi connectivity index (χ0) is 15.7. The van der Waals surface area contributed by atoms with Crippen LogP contribution in [0.2, 0.25) is 0 Å². The molecule has 0 spiro atoms. The number of alkyl halides is 3. The topological polar surface area (TPSA) is 66.4 Å². The number of halogens is 3. The van der Waals surface area contributed by atoms with E-state index in [1.54, 1.807) is 0 Å².